The molecule has 1 aromatic heterocycles. The standard InChI is InChI=1S/C82H105ClF3N11O10S4/c1-57(59-20-22-61(23-21-59)75-58(2)87-56-109-75)88-78(101)71-17-14-37-97(71)79(102)76(80(3,4)5)90-73(98)18-12-7-8-13-19-74(99)96-45-41-94(42-46-96)55-81(6)36-34-69(60-24-28-64(83)29-25-60)63(52-81)53-93-39-43-95(44-40-93)66-30-26-62(27-31-66)77(100)91-111(105,106)68-32-33-70(72(51-68)110(103,104)82(84,85)86)89-65(35-38-92-47-49-107-50-48-92)54-108-67-15-10-9-11-16-67/h9-11,15-16,20-33,51,56-57,65,71,76,89H,7-8,12-14,17-19,34-50,52-55H2,1-6H3,(H,88,101)(H,90,98)(H,91,100)/t57-,65+,71-,76+,81-/m0/s1. The van der Waals surface area contributed by atoms with Crippen LogP contribution in [0.15, 0.2) is 147 Å². The number of allylic oxidation sites excluding steroid dienone is 1. The molecule has 111 heavy (non-hydrogen) atoms. The van der Waals surface area contributed by atoms with Gasteiger partial charge in [0, 0.05) is 137 Å². The van der Waals surface area contributed by atoms with Gasteiger partial charge in [-0.3, -0.25) is 38.7 Å². The molecule has 4 N–H and O–H groups in total. The fourth-order valence-electron chi connectivity index (χ4n) is 15.5. The summed E-state index contributed by atoms with van der Waals surface area (Å²) in [5, 5.41) is 9.86. The number of thiazole rings is 1. The van der Waals surface area contributed by atoms with Gasteiger partial charge < -0.3 is 35.4 Å². The normalized spacial score (nSPS) is 19.5. The third-order valence-electron chi connectivity index (χ3n) is 22.0. The number of sulfone groups is 1. The van der Waals surface area contributed by atoms with Crippen LogP contribution in [0.1, 0.15) is 145 Å². The molecule has 1 aliphatic carbocycles. The number of carbonyl (C=O) groups excluding carboxylic acids is 5. The van der Waals surface area contributed by atoms with Crippen molar-refractivity contribution >= 4 is 101 Å². The van der Waals surface area contributed by atoms with E-state index in [0.717, 1.165) is 128 Å². The topological polar surface area (TPSA) is 243 Å². The SMILES string of the molecule is Cc1ncsc1-c1ccc([C@H](C)NC(=O)[C@@H]2CCCN2C(=O)[C@@H](NC(=O)CCCCCCC(=O)N2CCN(C[C@@]3(C)CCC(c4ccc(Cl)cc4)=C(CN4CCN(c5ccc(C(=O)NS(=O)(=O)c6ccc(N[C@H](CCN7CCOCC7)CSc7ccccc7)c(S(=O)(=O)C(F)(F)F)c6)cc5)CC4)C3)CC2)C(C)(C)C)cc1. The second kappa shape index (κ2) is 37.7. The Kier molecular flexibility index (Phi) is 28.7. The smallest absolute Gasteiger partial charge is 0.380 e. The van der Waals surface area contributed by atoms with Crippen molar-refractivity contribution in [3.8, 4) is 10.4 Å². The first kappa shape index (κ1) is 84.5. The van der Waals surface area contributed by atoms with E-state index in [4.69, 9.17) is 16.3 Å². The van der Waals surface area contributed by atoms with Crippen molar-refractivity contribution in [3.63, 3.8) is 0 Å². The molecule has 0 saturated carbocycles. The first-order valence-electron chi connectivity index (χ1n) is 38.6. The Hall–Kier alpha value is -7.41. The van der Waals surface area contributed by atoms with Gasteiger partial charge >= 0.3 is 5.51 Å². The minimum atomic E-state index is -6.11. The number of morpholine rings is 1. The Bertz CT molecular complexity index is 4460. The highest BCUT2D eigenvalue weighted by Crippen LogP contribution is 2.45. The van der Waals surface area contributed by atoms with Crippen LogP contribution >= 0.6 is 34.7 Å². The molecule has 600 valence electrons. The summed E-state index contributed by atoms with van der Waals surface area (Å²) in [6, 6.07) is 32.0. The lowest BCUT2D eigenvalue weighted by molar-refractivity contribution is -0.144. The predicted octanol–water partition coefficient (Wildman–Crippen LogP) is 13.1. The van der Waals surface area contributed by atoms with Crippen LogP contribution in [0.4, 0.5) is 24.5 Å². The summed E-state index contributed by atoms with van der Waals surface area (Å²) in [5.74, 6) is -1.23. The van der Waals surface area contributed by atoms with Crippen molar-refractivity contribution in [2.75, 3.05) is 121 Å². The van der Waals surface area contributed by atoms with Crippen molar-refractivity contribution < 1.29 is 58.7 Å². The van der Waals surface area contributed by atoms with Crippen molar-refractivity contribution in [2.24, 2.45) is 10.8 Å². The number of likely N-dealkylation sites (tertiary alicyclic amines) is 1. The van der Waals surface area contributed by atoms with Crippen molar-refractivity contribution in [2.45, 2.75) is 163 Å². The molecule has 5 amide bonds. The maximum absolute atomic E-state index is 14.4. The highest BCUT2D eigenvalue weighted by Gasteiger charge is 2.49. The number of hydrogen-bond donors (Lipinski definition) is 4. The molecular weight excluding hydrogens is 1520 g/mol. The van der Waals surface area contributed by atoms with E-state index in [1.165, 1.54) is 35.0 Å². The minimum absolute atomic E-state index is 0.0213. The summed E-state index contributed by atoms with van der Waals surface area (Å²) in [7, 11) is -11.0. The molecule has 5 heterocycles. The van der Waals surface area contributed by atoms with Crippen molar-refractivity contribution in [1.29, 1.82) is 0 Å². The number of amides is 5. The summed E-state index contributed by atoms with van der Waals surface area (Å²) in [6.45, 7) is 22.8. The number of sulfonamides is 1. The Balaban J connectivity index is 0.618. The number of aryl methyl sites for hydroxylation is 1. The lowest BCUT2D eigenvalue weighted by atomic mass is 9.71. The third-order valence-corrected chi connectivity index (χ3v) is 27.2. The molecule has 21 nitrogen and oxygen atoms in total. The first-order chi connectivity index (χ1) is 52.9. The number of thioether (sulfide) groups is 1. The van der Waals surface area contributed by atoms with E-state index in [2.05, 4.69) is 59.6 Å². The zero-order valence-electron chi connectivity index (χ0n) is 64.3. The molecule has 4 fully saturated rings. The Morgan fingerprint density at radius 3 is 2.08 bits per heavy atom. The van der Waals surface area contributed by atoms with Crippen LogP contribution in [0.25, 0.3) is 16.0 Å². The number of carbonyl (C=O) groups is 5. The average molecular weight is 1630 g/mol. The lowest BCUT2D eigenvalue weighted by Gasteiger charge is -2.44. The van der Waals surface area contributed by atoms with Crippen LogP contribution in [0.5, 0.6) is 0 Å². The number of piperazine rings is 2. The van der Waals surface area contributed by atoms with Gasteiger partial charge in [-0.1, -0.05) is 112 Å². The molecule has 0 bridgehead atoms. The first-order valence-corrected chi connectivity index (χ1v) is 43.8. The van der Waals surface area contributed by atoms with Crippen LogP contribution in [-0.2, 0) is 43.8 Å². The maximum atomic E-state index is 14.4. The molecule has 4 saturated heterocycles. The van der Waals surface area contributed by atoms with E-state index < -0.39 is 70.3 Å². The molecule has 0 spiro atoms. The van der Waals surface area contributed by atoms with Crippen LogP contribution in [0.2, 0.25) is 5.02 Å². The molecule has 0 unspecified atom stereocenters. The van der Waals surface area contributed by atoms with Gasteiger partial charge in [0.1, 0.15) is 17.0 Å². The summed E-state index contributed by atoms with van der Waals surface area (Å²) in [4.78, 5) is 86.0. The van der Waals surface area contributed by atoms with Gasteiger partial charge in [-0.25, -0.2) is 26.5 Å². The van der Waals surface area contributed by atoms with Gasteiger partial charge in [0.2, 0.25) is 23.6 Å². The molecule has 5 aliphatic rings. The van der Waals surface area contributed by atoms with Gasteiger partial charge in [-0.05, 0) is 165 Å². The maximum Gasteiger partial charge on any atom is 0.501 e. The van der Waals surface area contributed by atoms with E-state index in [0.29, 0.717) is 115 Å². The number of aromatic nitrogens is 1. The van der Waals surface area contributed by atoms with Crippen LogP contribution < -0.4 is 25.6 Å². The number of benzene rings is 5. The molecule has 5 aromatic carbocycles. The predicted molar refractivity (Wildman–Crippen MR) is 432 cm³/mol. The zero-order chi connectivity index (χ0) is 79.3. The van der Waals surface area contributed by atoms with E-state index in [-0.39, 0.29) is 47.1 Å². The molecule has 5 atom stereocenters. The summed E-state index contributed by atoms with van der Waals surface area (Å²) in [5.41, 5.74) is 2.65. The van der Waals surface area contributed by atoms with E-state index >= 15 is 0 Å². The Labute approximate surface area is 665 Å². The Morgan fingerprint density at radius 2 is 1.42 bits per heavy atom. The van der Waals surface area contributed by atoms with Gasteiger partial charge in [0.15, 0.2) is 0 Å². The molecule has 29 heteroatoms. The number of anilines is 2. The van der Waals surface area contributed by atoms with E-state index in [1.807, 2.05) is 116 Å². The number of alkyl halides is 3. The van der Waals surface area contributed by atoms with Crippen molar-refractivity contribution in [1.82, 2.24) is 44.8 Å². The summed E-state index contributed by atoms with van der Waals surface area (Å²) >= 11 is 9.43. The second-order valence-corrected chi connectivity index (χ2v) is 37.4. The monoisotopic (exact) mass is 1620 g/mol. The molecule has 11 rings (SSSR count). The highest BCUT2D eigenvalue weighted by molar-refractivity contribution is 7.99. The van der Waals surface area contributed by atoms with Gasteiger partial charge in [0.25, 0.3) is 25.8 Å². The summed E-state index contributed by atoms with van der Waals surface area (Å²) < 4.78 is 105. The quantitative estimate of drug-likeness (QED) is 0.0233. The molecule has 0 radical (unpaired) electrons. The van der Waals surface area contributed by atoms with Crippen molar-refractivity contribution in [3.05, 3.63) is 160 Å². The number of hydrogen-bond acceptors (Lipinski definition) is 18. The van der Waals surface area contributed by atoms with E-state index in [1.54, 1.807) is 28.4 Å². The van der Waals surface area contributed by atoms with Gasteiger partial charge in [0.05, 0.1) is 45.9 Å². The van der Waals surface area contributed by atoms with E-state index in [9.17, 15) is 54.0 Å². The fraction of sp³-hybridized carbons (Fsp3) is 0.512. The number of nitrogens with one attached hydrogen (secondary N) is 4. The number of ether oxygens (including phenoxy) is 1. The third kappa shape index (κ3) is 22.5. The largest absolute Gasteiger partial charge is 0.501 e. The molecule has 6 aromatic rings. The second-order valence-electron chi connectivity index (χ2n) is 31.4. The minimum Gasteiger partial charge on any atom is -0.380 e. The van der Waals surface area contributed by atoms with Crippen LogP contribution in [0, 0.1) is 17.8 Å². The lowest BCUT2D eigenvalue weighted by Crippen LogP contribution is -2.57. The van der Waals surface area contributed by atoms with Crippen LogP contribution in [0.3, 0.4) is 0 Å². The Morgan fingerprint density at radius 1 is 0.757 bits per heavy atom. The average Bonchev–Trinajstić information content (AvgIpc) is 1.56. The van der Waals surface area contributed by atoms with Gasteiger partial charge in [-0.15, -0.1) is 23.1 Å². The number of unbranched alkanes of at least 4 members (excludes halogenated alkanes) is 3. The van der Waals surface area contributed by atoms with Crippen LogP contribution in [-0.4, -0.2) is 210 Å². The molecular formula is C82H105ClF3N11O10S4. The number of rotatable bonds is 31. The summed E-state index contributed by atoms with van der Waals surface area (Å²) in [6.07, 6.45) is 8.05. The zero-order valence-corrected chi connectivity index (χ0v) is 68.3. The number of halogens is 4. The highest BCUT2D eigenvalue weighted by atomic mass is 35.5. The fourth-order valence-corrected chi connectivity index (χ4v) is 19.5. The number of nitrogens with zero attached hydrogens (tertiary/aromatic N) is 7. The molecule has 4 aliphatic heterocycles. The van der Waals surface area contributed by atoms with Gasteiger partial charge in [-0.2, -0.15) is 13.2 Å².